The van der Waals surface area contributed by atoms with Crippen molar-refractivity contribution in [2.24, 2.45) is 4.99 Å². The zero-order valence-electron chi connectivity index (χ0n) is 16.9. The number of aryl methyl sites for hydroxylation is 1. The predicted octanol–water partition coefficient (Wildman–Crippen LogP) is 6.50. The second kappa shape index (κ2) is 7.65. The van der Waals surface area contributed by atoms with Crippen molar-refractivity contribution >= 4 is 17.6 Å². The van der Waals surface area contributed by atoms with E-state index in [9.17, 15) is 0 Å². The Balaban J connectivity index is 1.87. The topological polar surface area (TPSA) is 15.6 Å². The number of rotatable bonds is 5. The van der Waals surface area contributed by atoms with Gasteiger partial charge in [-0.1, -0.05) is 39.0 Å². The van der Waals surface area contributed by atoms with Crippen LogP contribution in [0.25, 0.3) is 0 Å². The highest BCUT2D eigenvalue weighted by Gasteiger charge is 2.35. The number of benzene rings is 2. The van der Waals surface area contributed by atoms with Crippen LogP contribution in [0, 0.1) is 0 Å². The SMILES string of the molecule is CCCN1c2ccc(C=Nc3ccc(CC)cc3)cc2C(C)CC1(C)C. The molecule has 0 amide bonds. The molecular formula is C24H32N2. The molecular weight excluding hydrogens is 316 g/mol. The molecule has 0 bridgehead atoms. The van der Waals surface area contributed by atoms with Crippen molar-refractivity contribution in [1.29, 1.82) is 0 Å². The van der Waals surface area contributed by atoms with Crippen LogP contribution in [-0.4, -0.2) is 18.3 Å². The number of nitrogens with zero attached hydrogens (tertiary/aromatic N) is 2. The van der Waals surface area contributed by atoms with Crippen molar-refractivity contribution in [1.82, 2.24) is 0 Å². The molecule has 0 saturated carbocycles. The minimum absolute atomic E-state index is 0.221. The summed E-state index contributed by atoms with van der Waals surface area (Å²) < 4.78 is 0. The normalized spacial score (nSPS) is 19.0. The fourth-order valence-electron chi connectivity index (χ4n) is 4.20. The number of aliphatic imine (C=N–C) groups is 1. The molecule has 0 saturated heterocycles. The van der Waals surface area contributed by atoms with E-state index in [-0.39, 0.29) is 5.54 Å². The van der Waals surface area contributed by atoms with Crippen molar-refractivity contribution in [2.75, 3.05) is 11.4 Å². The van der Waals surface area contributed by atoms with Gasteiger partial charge < -0.3 is 4.90 Å². The van der Waals surface area contributed by atoms with E-state index < -0.39 is 0 Å². The van der Waals surface area contributed by atoms with E-state index in [1.165, 1.54) is 35.2 Å². The standard InChI is InChI=1S/C24H32N2/c1-6-14-26-23-13-10-20(15-22(23)18(3)16-24(26,4)5)17-25-21-11-8-19(7-2)9-12-21/h8-13,15,17-18H,6-7,14,16H2,1-5H3. The van der Waals surface area contributed by atoms with Crippen molar-refractivity contribution < 1.29 is 0 Å². The summed E-state index contributed by atoms with van der Waals surface area (Å²) in [5.41, 5.74) is 6.64. The van der Waals surface area contributed by atoms with Crippen LogP contribution in [0.2, 0.25) is 0 Å². The summed E-state index contributed by atoms with van der Waals surface area (Å²) in [5, 5.41) is 0. The van der Waals surface area contributed by atoms with Crippen LogP contribution in [0.1, 0.15) is 70.1 Å². The van der Waals surface area contributed by atoms with E-state index in [0.29, 0.717) is 5.92 Å². The van der Waals surface area contributed by atoms with E-state index >= 15 is 0 Å². The number of anilines is 1. The van der Waals surface area contributed by atoms with E-state index in [0.717, 1.165) is 18.7 Å². The summed E-state index contributed by atoms with van der Waals surface area (Å²) in [6.45, 7) is 12.7. The number of hydrogen-bond acceptors (Lipinski definition) is 2. The number of hydrogen-bond donors (Lipinski definition) is 0. The quantitative estimate of drug-likeness (QED) is 0.563. The van der Waals surface area contributed by atoms with Gasteiger partial charge in [0.05, 0.1) is 5.69 Å². The van der Waals surface area contributed by atoms with E-state index in [1.54, 1.807) is 0 Å². The molecule has 1 unspecified atom stereocenters. The van der Waals surface area contributed by atoms with Gasteiger partial charge in [-0.15, -0.1) is 0 Å². The Kier molecular flexibility index (Phi) is 5.50. The third-order valence-electron chi connectivity index (χ3n) is 5.56. The highest BCUT2D eigenvalue weighted by molar-refractivity contribution is 5.83. The predicted molar refractivity (Wildman–Crippen MR) is 114 cm³/mol. The molecule has 3 rings (SSSR count). The van der Waals surface area contributed by atoms with Crippen LogP contribution in [0.15, 0.2) is 47.5 Å². The Hall–Kier alpha value is -2.09. The first-order valence-corrected chi connectivity index (χ1v) is 9.99. The lowest BCUT2D eigenvalue weighted by molar-refractivity contribution is 0.376. The third-order valence-corrected chi connectivity index (χ3v) is 5.56. The molecule has 0 radical (unpaired) electrons. The molecule has 2 heteroatoms. The molecule has 1 heterocycles. The van der Waals surface area contributed by atoms with Crippen LogP contribution in [0.4, 0.5) is 11.4 Å². The molecule has 2 nitrogen and oxygen atoms in total. The summed E-state index contributed by atoms with van der Waals surface area (Å²) in [5.74, 6) is 0.574. The van der Waals surface area contributed by atoms with Gasteiger partial charge in [0.25, 0.3) is 0 Å². The Bertz CT molecular complexity index is 771. The monoisotopic (exact) mass is 348 g/mol. The molecule has 26 heavy (non-hydrogen) atoms. The van der Waals surface area contributed by atoms with E-state index in [1.807, 2.05) is 6.21 Å². The van der Waals surface area contributed by atoms with Gasteiger partial charge in [0.15, 0.2) is 0 Å². The van der Waals surface area contributed by atoms with Crippen molar-refractivity contribution in [3.8, 4) is 0 Å². The van der Waals surface area contributed by atoms with E-state index in [4.69, 9.17) is 0 Å². The van der Waals surface area contributed by atoms with Crippen LogP contribution in [-0.2, 0) is 6.42 Å². The van der Waals surface area contributed by atoms with Gasteiger partial charge in [-0.2, -0.15) is 0 Å². The first-order valence-electron chi connectivity index (χ1n) is 9.99. The highest BCUT2D eigenvalue weighted by Crippen LogP contribution is 2.43. The second-order valence-corrected chi connectivity index (χ2v) is 8.17. The molecule has 138 valence electrons. The minimum atomic E-state index is 0.221. The summed E-state index contributed by atoms with van der Waals surface area (Å²) >= 11 is 0. The summed E-state index contributed by atoms with van der Waals surface area (Å²) in [6.07, 6.45) is 5.43. The molecule has 2 aromatic carbocycles. The summed E-state index contributed by atoms with van der Waals surface area (Å²) in [4.78, 5) is 7.26. The van der Waals surface area contributed by atoms with Crippen LogP contribution in [0.5, 0.6) is 0 Å². The summed E-state index contributed by atoms with van der Waals surface area (Å²) in [7, 11) is 0. The molecule has 1 atom stereocenters. The zero-order valence-corrected chi connectivity index (χ0v) is 16.9. The largest absolute Gasteiger partial charge is 0.366 e. The van der Waals surface area contributed by atoms with Gasteiger partial charge in [0.2, 0.25) is 0 Å². The smallest absolute Gasteiger partial charge is 0.0630 e. The minimum Gasteiger partial charge on any atom is -0.366 e. The van der Waals surface area contributed by atoms with E-state index in [2.05, 4.69) is 87.0 Å². The van der Waals surface area contributed by atoms with Crippen LogP contribution < -0.4 is 4.90 Å². The van der Waals surface area contributed by atoms with Gasteiger partial charge in [-0.3, -0.25) is 4.99 Å². The second-order valence-electron chi connectivity index (χ2n) is 8.17. The molecule has 0 aromatic heterocycles. The molecule has 0 N–H and O–H groups in total. The third kappa shape index (κ3) is 3.85. The lowest BCUT2D eigenvalue weighted by Crippen LogP contribution is -2.48. The van der Waals surface area contributed by atoms with Gasteiger partial charge in [-0.05, 0) is 80.0 Å². The lowest BCUT2D eigenvalue weighted by atomic mass is 9.79. The highest BCUT2D eigenvalue weighted by atomic mass is 15.2. The summed E-state index contributed by atoms with van der Waals surface area (Å²) in [6, 6.07) is 15.4. The molecule has 2 aromatic rings. The molecule has 0 aliphatic carbocycles. The van der Waals surface area contributed by atoms with Gasteiger partial charge in [-0.25, -0.2) is 0 Å². The first kappa shape index (κ1) is 18.7. The lowest BCUT2D eigenvalue weighted by Gasteiger charge is -2.47. The molecule has 1 aliphatic rings. The Morgan fingerprint density at radius 3 is 2.50 bits per heavy atom. The average molecular weight is 349 g/mol. The maximum absolute atomic E-state index is 4.67. The van der Waals surface area contributed by atoms with Crippen molar-refractivity contribution in [3.63, 3.8) is 0 Å². The van der Waals surface area contributed by atoms with Crippen molar-refractivity contribution in [2.45, 2.75) is 65.3 Å². The molecule has 1 aliphatic heterocycles. The average Bonchev–Trinajstić information content (AvgIpc) is 2.63. The maximum atomic E-state index is 4.67. The van der Waals surface area contributed by atoms with Gasteiger partial charge in [0, 0.05) is 24.0 Å². The Labute approximate surface area is 159 Å². The van der Waals surface area contributed by atoms with Crippen LogP contribution in [0.3, 0.4) is 0 Å². The van der Waals surface area contributed by atoms with Gasteiger partial charge >= 0.3 is 0 Å². The Morgan fingerprint density at radius 2 is 1.85 bits per heavy atom. The van der Waals surface area contributed by atoms with Crippen molar-refractivity contribution in [3.05, 3.63) is 59.2 Å². The maximum Gasteiger partial charge on any atom is 0.0630 e. The fraction of sp³-hybridized carbons (Fsp3) is 0.458. The zero-order chi connectivity index (χ0) is 18.7. The number of fused-ring (bicyclic) bond motifs is 1. The molecule has 0 fully saturated rings. The Morgan fingerprint density at radius 1 is 1.12 bits per heavy atom. The van der Waals surface area contributed by atoms with Crippen LogP contribution >= 0.6 is 0 Å². The van der Waals surface area contributed by atoms with Gasteiger partial charge in [0.1, 0.15) is 0 Å². The fourth-order valence-corrected chi connectivity index (χ4v) is 4.20. The first-order chi connectivity index (χ1) is 12.4. The molecule has 0 spiro atoms.